The average molecular weight is 318 g/mol. The lowest BCUT2D eigenvalue weighted by molar-refractivity contribution is 0.0943. The minimum atomic E-state index is -0.540. The number of halogens is 2. The first-order chi connectivity index (χ1) is 10.5. The molecule has 2 aromatic carbocycles. The van der Waals surface area contributed by atoms with Crippen LogP contribution in [0.5, 0.6) is 5.75 Å². The molecule has 0 atom stereocenters. The minimum absolute atomic E-state index is 0.00363. The Morgan fingerprint density at radius 2 is 1.64 bits per heavy atom. The number of rotatable bonds is 2. The normalized spacial score (nSPS) is 14.1. The Morgan fingerprint density at radius 3 is 2.27 bits per heavy atom. The van der Waals surface area contributed by atoms with E-state index in [2.05, 4.69) is 0 Å². The Hall–Kier alpha value is -2.66. The topological polar surface area (TPSA) is 69.4 Å². The summed E-state index contributed by atoms with van der Waals surface area (Å²) in [7, 11) is 0. The first kappa shape index (κ1) is 14.3. The number of hydrogen-bond acceptors (Lipinski definition) is 4. The molecule has 0 radical (unpaired) electrons. The van der Waals surface area contributed by atoms with Crippen molar-refractivity contribution in [2.45, 2.75) is 0 Å². The third-order valence-electron chi connectivity index (χ3n) is 3.21. The zero-order chi connectivity index (χ0) is 15.9. The van der Waals surface area contributed by atoms with Gasteiger partial charge in [-0.25, -0.2) is 4.39 Å². The fourth-order valence-corrected chi connectivity index (χ4v) is 2.36. The fourth-order valence-electron chi connectivity index (χ4n) is 2.14. The van der Waals surface area contributed by atoms with Crippen LogP contribution in [0.4, 0.5) is 10.1 Å². The van der Waals surface area contributed by atoms with Gasteiger partial charge in [-0.3, -0.25) is 9.59 Å². The van der Waals surface area contributed by atoms with Gasteiger partial charge in [0.25, 0.3) is 0 Å². The quantitative estimate of drug-likeness (QED) is 0.863. The van der Waals surface area contributed by atoms with Crippen molar-refractivity contribution < 1.29 is 18.7 Å². The highest BCUT2D eigenvalue weighted by atomic mass is 35.5. The number of nitrogens with two attached hydrogens (primary N) is 1. The SMILES string of the molecule is Nc1cc(F)ccc1OC1=C(Cl)C(=O)c2ccccc2C1=O. The van der Waals surface area contributed by atoms with Crippen LogP contribution in [0, 0.1) is 5.82 Å². The number of benzene rings is 2. The van der Waals surface area contributed by atoms with E-state index in [9.17, 15) is 14.0 Å². The molecule has 2 aromatic rings. The Kier molecular flexibility index (Phi) is 3.42. The molecule has 0 bridgehead atoms. The lowest BCUT2D eigenvalue weighted by atomic mass is 9.93. The molecule has 0 unspecified atom stereocenters. The number of carbonyl (C=O) groups is 2. The zero-order valence-electron chi connectivity index (χ0n) is 11.1. The number of fused-ring (bicyclic) bond motifs is 1. The number of anilines is 1. The average Bonchev–Trinajstić information content (AvgIpc) is 2.51. The smallest absolute Gasteiger partial charge is 0.230 e. The van der Waals surface area contributed by atoms with Gasteiger partial charge in [-0.2, -0.15) is 0 Å². The summed E-state index contributed by atoms with van der Waals surface area (Å²) in [6.45, 7) is 0. The van der Waals surface area contributed by atoms with Crippen LogP contribution < -0.4 is 10.5 Å². The van der Waals surface area contributed by atoms with Gasteiger partial charge in [-0.1, -0.05) is 35.9 Å². The molecule has 0 aromatic heterocycles. The molecule has 0 saturated carbocycles. The third-order valence-corrected chi connectivity index (χ3v) is 3.55. The van der Waals surface area contributed by atoms with Gasteiger partial charge < -0.3 is 10.5 Å². The van der Waals surface area contributed by atoms with Crippen LogP contribution in [0.3, 0.4) is 0 Å². The molecule has 3 rings (SSSR count). The maximum Gasteiger partial charge on any atom is 0.230 e. The second-order valence-electron chi connectivity index (χ2n) is 4.63. The summed E-state index contributed by atoms with van der Waals surface area (Å²) in [4.78, 5) is 24.6. The summed E-state index contributed by atoms with van der Waals surface area (Å²) in [5.74, 6) is -1.84. The molecule has 0 fully saturated rings. The summed E-state index contributed by atoms with van der Waals surface area (Å²) in [5, 5.41) is -0.326. The number of ketones is 2. The van der Waals surface area contributed by atoms with Crippen molar-refractivity contribution in [2.24, 2.45) is 0 Å². The van der Waals surface area contributed by atoms with Crippen molar-refractivity contribution in [2.75, 3.05) is 5.73 Å². The molecule has 0 aliphatic heterocycles. The summed E-state index contributed by atoms with van der Waals surface area (Å²) < 4.78 is 18.4. The van der Waals surface area contributed by atoms with Crippen LogP contribution in [0.2, 0.25) is 0 Å². The van der Waals surface area contributed by atoms with E-state index in [1.54, 1.807) is 12.1 Å². The van der Waals surface area contributed by atoms with E-state index < -0.39 is 17.4 Å². The van der Waals surface area contributed by atoms with Crippen LogP contribution >= 0.6 is 11.6 Å². The second-order valence-corrected chi connectivity index (χ2v) is 5.01. The van der Waals surface area contributed by atoms with Crippen LogP contribution in [0.15, 0.2) is 53.3 Å². The van der Waals surface area contributed by atoms with E-state index in [1.807, 2.05) is 0 Å². The summed E-state index contributed by atoms with van der Waals surface area (Å²) in [5.41, 5.74) is 6.05. The summed E-state index contributed by atoms with van der Waals surface area (Å²) in [6.07, 6.45) is 0. The Morgan fingerprint density at radius 1 is 1.00 bits per heavy atom. The zero-order valence-corrected chi connectivity index (χ0v) is 11.9. The molecule has 110 valence electrons. The van der Waals surface area contributed by atoms with Crippen molar-refractivity contribution in [3.63, 3.8) is 0 Å². The fraction of sp³-hybridized carbons (Fsp3) is 0. The first-order valence-corrected chi connectivity index (χ1v) is 6.68. The van der Waals surface area contributed by atoms with E-state index >= 15 is 0 Å². The second kappa shape index (κ2) is 5.27. The third kappa shape index (κ3) is 2.25. The van der Waals surface area contributed by atoms with E-state index in [0.717, 1.165) is 12.1 Å². The molecule has 0 amide bonds. The van der Waals surface area contributed by atoms with Crippen molar-refractivity contribution in [1.82, 2.24) is 0 Å². The molecule has 1 aliphatic rings. The first-order valence-electron chi connectivity index (χ1n) is 6.30. The van der Waals surface area contributed by atoms with Crippen LogP contribution in [-0.4, -0.2) is 11.6 Å². The lowest BCUT2D eigenvalue weighted by Gasteiger charge is -2.18. The molecule has 4 nitrogen and oxygen atoms in total. The molecule has 6 heteroatoms. The molecular weight excluding hydrogens is 309 g/mol. The predicted molar refractivity (Wildman–Crippen MR) is 79.4 cm³/mol. The Labute approximate surface area is 129 Å². The summed E-state index contributed by atoms with van der Waals surface area (Å²) in [6, 6.07) is 9.73. The van der Waals surface area contributed by atoms with Gasteiger partial charge in [0.2, 0.25) is 11.6 Å². The number of carbonyl (C=O) groups excluding carboxylic acids is 2. The van der Waals surface area contributed by atoms with Crippen LogP contribution in [0.1, 0.15) is 20.7 Å². The van der Waals surface area contributed by atoms with Gasteiger partial charge in [0, 0.05) is 17.2 Å². The van der Waals surface area contributed by atoms with Crippen LogP contribution in [0.25, 0.3) is 0 Å². The van der Waals surface area contributed by atoms with Gasteiger partial charge in [0.15, 0.2) is 11.5 Å². The van der Waals surface area contributed by atoms with E-state index in [1.165, 1.54) is 18.2 Å². The van der Waals surface area contributed by atoms with Crippen molar-refractivity contribution in [3.8, 4) is 5.75 Å². The van der Waals surface area contributed by atoms with Gasteiger partial charge in [0.05, 0.1) is 5.69 Å². The largest absolute Gasteiger partial charge is 0.449 e. The highest BCUT2D eigenvalue weighted by Gasteiger charge is 2.33. The van der Waals surface area contributed by atoms with Crippen molar-refractivity contribution in [1.29, 1.82) is 0 Å². The van der Waals surface area contributed by atoms with Crippen molar-refractivity contribution in [3.05, 3.63) is 70.2 Å². The number of hydrogen-bond donors (Lipinski definition) is 1. The van der Waals surface area contributed by atoms with Gasteiger partial charge in [0.1, 0.15) is 10.8 Å². The van der Waals surface area contributed by atoms with E-state index in [0.29, 0.717) is 0 Å². The standard InChI is InChI=1S/C16H9ClFNO3/c17-13-14(20)9-3-1-2-4-10(9)15(21)16(13)22-12-6-5-8(18)7-11(12)19/h1-7H,19H2. The van der Waals surface area contributed by atoms with Crippen molar-refractivity contribution >= 4 is 28.9 Å². The molecule has 0 heterocycles. The number of allylic oxidation sites excluding steroid dienone is 2. The maximum atomic E-state index is 13.0. The highest BCUT2D eigenvalue weighted by molar-refractivity contribution is 6.49. The van der Waals surface area contributed by atoms with Gasteiger partial charge >= 0.3 is 0 Å². The number of Topliss-reactive ketones (excluding diaryl/α,β-unsaturated/α-hetero) is 2. The van der Waals surface area contributed by atoms with Gasteiger partial charge in [-0.15, -0.1) is 0 Å². The highest BCUT2D eigenvalue weighted by Crippen LogP contribution is 2.32. The predicted octanol–water partition coefficient (Wildman–Crippen LogP) is 3.32. The molecule has 22 heavy (non-hydrogen) atoms. The summed E-state index contributed by atoms with van der Waals surface area (Å²) >= 11 is 5.96. The Balaban J connectivity index is 2.05. The Bertz CT molecular complexity index is 845. The van der Waals surface area contributed by atoms with Gasteiger partial charge in [-0.05, 0) is 12.1 Å². The van der Waals surface area contributed by atoms with Crippen LogP contribution in [-0.2, 0) is 0 Å². The number of ether oxygens (including phenoxy) is 1. The molecular formula is C16H9ClFNO3. The van der Waals surface area contributed by atoms with E-state index in [4.69, 9.17) is 22.1 Å². The molecule has 0 saturated heterocycles. The molecule has 2 N–H and O–H groups in total. The number of nitrogen functional groups attached to an aromatic ring is 1. The monoisotopic (exact) mass is 317 g/mol. The van der Waals surface area contributed by atoms with E-state index in [-0.39, 0.29) is 33.4 Å². The lowest BCUT2D eigenvalue weighted by Crippen LogP contribution is -2.23. The molecule has 1 aliphatic carbocycles. The maximum absolute atomic E-state index is 13.0. The minimum Gasteiger partial charge on any atom is -0.449 e. The molecule has 0 spiro atoms.